The SMILES string of the molecule is Cc1ncn(CCCC(=O)c2ccc(Br)cc2)c(=O)c1Br. The van der Waals surface area contributed by atoms with Crippen LogP contribution in [0.5, 0.6) is 0 Å². The van der Waals surface area contributed by atoms with Crippen molar-refractivity contribution in [2.45, 2.75) is 26.3 Å². The third kappa shape index (κ3) is 4.11. The summed E-state index contributed by atoms with van der Waals surface area (Å²) < 4.78 is 2.94. The molecule has 1 aromatic carbocycles. The van der Waals surface area contributed by atoms with E-state index in [0.717, 1.165) is 4.47 Å². The van der Waals surface area contributed by atoms with Gasteiger partial charge in [-0.05, 0) is 41.4 Å². The Morgan fingerprint density at radius 3 is 2.57 bits per heavy atom. The van der Waals surface area contributed by atoms with Crippen LogP contribution >= 0.6 is 31.9 Å². The molecule has 0 fully saturated rings. The van der Waals surface area contributed by atoms with Crippen LogP contribution in [0.4, 0.5) is 0 Å². The monoisotopic (exact) mass is 412 g/mol. The van der Waals surface area contributed by atoms with Crippen LogP contribution in [0, 0.1) is 6.92 Å². The highest BCUT2D eigenvalue weighted by Crippen LogP contribution is 2.13. The van der Waals surface area contributed by atoms with Gasteiger partial charge in [0.1, 0.15) is 4.47 Å². The quantitative estimate of drug-likeness (QED) is 0.701. The van der Waals surface area contributed by atoms with Crippen LogP contribution in [-0.2, 0) is 6.54 Å². The Morgan fingerprint density at radius 2 is 1.90 bits per heavy atom. The molecular formula is C15H14Br2N2O2. The maximum atomic E-state index is 12.0. The largest absolute Gasteiger partial charge is 0.298 e. The second-order valence-electron chi connectivity index (χ2n) is 4.68. The lowest BCUT2D eigenvalue weighted by Gasteiger charge is -2.06. The van der Waals surface area contributed by atoms with Crippen molar-refractivity contribution in [3.63, 3.8) is 0 Å². The first-order valence-electron chi connectivity index (χ1n) is 6.49. The summed E-state index contributed by atoms with van der Waals surface area (Å²) in [6.07, 6.45) is 2.53. The predicted octanol–water partition coefficient (Wildman–Crippen LogP) is 3.74. The van der Waals surface area contributed by atoms with E-state index in [4.69, 9.17) is 0 Å². The smallest absolute Gasteiger partial charge is 0.267 e. The summed E-state index contributed by atoms with van der Waals surface area (Å²) >= 11 is 6.56. The van der Waals surface area contributed by atoms with E-state index in [1.807, 2.05) is 12.1 Å². The first-order chi connectivity index (χ1) is 9.99. The third-order valence-electron chi connectivity index (χ3n) is 3.13. The molecule has 2 aromatic rings. The number of halogens is 2. The molecule has 0 saturated carbocycles. The molecule has 21 heavy (non-hydrogen) atoms. The molecule has 1 heterocycles. The summed E-state index contributed by atoms with van der Waals surface area (Å²) in [6, 6.07) is 7.28. The Kier molecular flexibility index (Phi) is 5.47. The van der Waals surface area contributed by atoms with E-state index in [-0.39, 0.29) is 11.3 Å². The highest BCUT2D eigenvalue weighted by molar-refractivity contribution is 9.10. The van der Waals surface area contributed by atoms with Gasteiger partial charge in [-0.25, -0.2) is 4.98 Å². The normalized spacial score (nSPS) is 10.6. The number of carbonyl (C=O) groups is 1. The predicted molar refractivity (Wildman–Crippen MR) is 88.6 cm³/mol. The van der Waals surface area contributed by atoms with Gasteiger partial charge in [0.15, 0.2) is 5.78 Å². The number of aromatic nitrogens is 2. The summed E-state index contributed by atoms with van der Waals surface area (Å²) in [5.41, 5.74) is 1.24. The molecule has 6 heteroatoms. The molecule has 110 valence electrons. The zero-order valence-corrected chi connectivity index (χ0v) is 14.6. The minimum atomic E-state index is -0.112. The number of carbonyl (C=O) groups excluding carboxylic acids is 1. The maximum absolute atomic E-state index is 12.0. The van der Waals surface area contributed by atoms with Crippen LogP contribution in [0.25, 0.3) is 0 Å². The highest BCUT2D eigenvalue weighted by atomic mass is 79.9. The zero-order valence-electron chi connectivity index (χ0n) is 11.5. The molecule has 0 atom stereocenters. The second-order valence-corrected chi connectivity index (χ2v) is 6.38. The Balaban J connectivity index is 1.96. The van der Waals surface area contributed by atoms with Crippen LogP contribution in [0.1, 0.15) is 28.9 Å². The number of nitrogens with zero attached hydrogens (tertiary/aromatic N) is 2. The van der Waals surface area contributed by atoms with Crippen molar-refractivity contribution in [1.29, 1.82) is 0 Å². The number of rotatable bonds is 5. The number of Topliss-reactive ketones (excluding diaryl/α,β-unsaturated/α-hetero) is 1. The molecule has 0 bridgehead atoms. The summed E-state index contributed by atoms with van der Waals surface area (Å²) in [6.45, 7) is 2.25. The van der Waals surface area contributed by atoms with Crippen molar-refractivity contribution in [2.75, 3.05) is 0 Å². The summed E-state index contributed by atoms with van der Waals surface area (Å²) in [5.74, 6) is 0.0784. The lowest BCUT2D eigenvalue weighted by Crippen LogP contribution is -2.22. The minimum absolute atomic E-state index is 0.0784. The van der Waals surface area contributed by atoms with Gasteiger partial charge in [-0.15, -0.1) is 0 Å². The van der Waals surface area contributed by atoms with Crippen LogP contribution in [0.3, 0.4) is 0 Å². The van der Waals surface area contributed by atoms with Crippen molar-refractivity contribution in [3.05, 3.63) is 61.1 Å². The number of ketones is 1. The van der Waals surface area contributed by atoms with Gasteiger partial charge in [-0.1, -0.05) is 28.1 Å². The first kappa shape index (κ1) is 16.1. The van der Waals surface area contributed by atoms with E-state index in [1.54, 1.807) is 19.1 Å². The van der Waals surface area contributed by atoms with Crippen LogP contribution in [-0.4, -0.2) is 15.3 Å². The Labute approximate surface area is 139 Å². The van der Waals surface area contributed by atoms with Gasteiger partial charge in [-0.3, -0.25) is 14.2 Å². The van der Waals surface area contributed by atoms with E-state index in [9.17, 15) is 9.59 Å². The number of aryl methyl sites for hydroxylation is 2. The summed E-state index contributed by atoms with van der Waals surface area (Å²) in [5, 5.41) is 0. The minimum Gasteiger partial charge on any atom is -0.298 e. The van der Waals surface area contributed by atoms with Crippen molar-refractivity contribution < 1.29 is 4.79 Å². The summed E-state index contributed by atoms with van der Waals surface area (Å²) in [4.78, 5) is 28.1. The molecule has 0 spiro atoms. The molecule has 0 aliphatic heterocycles. The van der Waals surface area contributed by atoms with E-state index in [1.165, 1.54) is 10.9 Å². The summed E-state index contributed by atoms with van der Waals surface area (Å²) in [7, 11) is 0. The lowest BCUT2D eigenvalue weighted by molar-refractivity contribution is 0.0978. The molecule has 4 nitrogen and oxygen atoms in total. The van der Waals surface area contributed by atoms with Crippen molar-refractivity contribution in [2.24, 2.45) is 0 Å². The van der Waals surface area contributed by atoms with E-state index in [0.29, 0.717) is 35.1 Å². The fourth-order valence-corrected chi connectivity index (χ4v) is 2.49. The fraction of sp³-hybridized carbons (Fsp3) is 0.267. The molecule has 0 N–H and O–H groups in total. The van der Waals surface area contributed by atoms with Crippen LogP contribution in [0.2, 0.25) is 0 Å². The van der Waals surface area contributed by atoms with Gasteiger partial charge in [0.25, 0.3) is 5.56 Å². The molecule has 0 amide bonds. The maximum Gasteiger partial charge on any atom is 0.267 e. The number of hydrogen-bond donors (Lipinski definition) is 0. The van der Waals surface area contributed by atoms with Gasteiger partial charge < -0.3 is 0 Å². The molecule has 0 saturated heterocycles. The fourth-order valence-electron chi connectivity index (χ4n) is 1.90. The standard InChI is InChI=1S/C15H14Br2N2O2/c1-10-14(17)15(21)19(9-18-10)8-2-3-13(20)11-4-6-12(16)7-5-11/h4-7,9H,2-3,8H2,1H3. The van der Waals surface area contributed by atoms with Crippen LogP contribution < -0.4 is 5.56 Å². The van der Waals surface area contributed by atoms with Crippen molar-refractivity contribution in [3.8, 4) is 0 Å². The van der Waals surface area contributed by atoms with Gasteiger partial charge in [0.05, 0.1) is 12.0 Å². The Hall–Kier alpha value is -1.27. The average molecular weight is 414 g/mol. The van der Waals surface area contributed by atoms with Crippen molar-refractivity contribution >= 4 is 37.6 Å². The zero-order chi connectivity index (χ0) is 15.4. The Morgan fingerprint density at radius 1 is 1.24 bits per heavy atom. The molecule has 2 rings (SSSR count). The topological polar surface area (TPSA) is 52.0 Å². The molecule has 0 aliphatic rings. The Bertz CT molecular complexity index is 709. The van der Waals surface area contributed by atoms with Gasteiger partial charge in [0.2, 0.25) is 0 Å². The molecule has 0 aliphatic carbocycles. The van der Waals surface area contributed by atoms with E-state index in [2.05, 4.69) is 36.8 Å². The molecule has 1 aromatic heterocycles. The van der Waals surface area contributed by atoms with Gasteiger partial charge in [-0.2, -0.15) is 0 Å². The highest BCUT2D eigenvalue weighted by Gasteiger charge is 2.08. The number of benzene rings is 1. The molecule has 0 unspecified atom stereocenters. The average Bonchev–Trinajstić information content (AvgIpc) is 2.48. The molecular weight excluding hydrogens is 400 g/mol. The van der Waals surface area contributed by atoms with E-state index >= 15 is 0 Å². The van der Waals surface area contributed by atoms with Gasteiger partial charge >= 0.3 is 0 Å². The number of hydrogen-bond acceptors (Lipinski definition) is 3. The van der Waals surface area contributed by atoms with Gasteiger partial charge in [0, 0.05) is 23.0 Å². The van der Waals surface area contributed by atoms with Crippen molar-refractivity contribution in [1.82, 2.24) is 9.55 Å². The van der Waals surface area contributed by atoms with E-state index < -0.39 is 0 Å². The third-order valence-corrected chi connectivity index (χ3v) is 4.57. The second kappa shape index (κ2) is 7.13. The molecule has 0 radical (unpaired) electrons. The van der Waals surface area contributed by atoms with Crippen LogP contribution in [0.15, 0.2) is 44.3 Å². The first-order valence-corrected chi connectivity index (χ1v) is 8.08. The lowest BCUT2D eigenvalue weighted by atomic mass is 10.1.